The molecule has 5 heteroatoms. The Morgan fingerprint density at radius 2 is 1.77 bits per heavy atom. The lowest BCUT2D eigenvalue weighted by Gasteiger charge is -2.05. The van der Waals surface area contributed by atoms with Crippen LogP contribution in [0.3, 0.4) is 0 Å². The number of carboxylic acid groups (broad SMARTS) is 1. The number of aliphatic hydroxyl groups is 1. The molecule has 0 bridgehead atoms. The molecule has 0 fully saturated rings. The van der Waals surface area contributed by atoms with Gasteiger partial charge in [0.2, 0.25) is 0 Å². The molecule has 0 aliphatic heterocycles. The number of carboxylic acids is 1. The predicted octanol–water partition coefficient (Wildman–Crippen LogP) is 2.40. The second-order valence-electron chi connectivity index (χ2n) is 2.38. The molecule has 0 saturated heterocycles. The molecule has 0 aromatic heterocycles. The van der Waals surface area contributed by atoms with Gasteiger partial charge >= 0.3 is 5.97 Å². The minimum atomic E-state index is -0.995. The third kappa shape index (κ3) is 2.30. The molecule has 1 aromatic rings. The highest BCUT2D eigenvalue weighted by atomic mass is 79.9. The Bertz CT molecular complexity index is 326. The summed E-state index contributed by atoms with van der Waals surface area (Å²) in [7, 11) is 0. The fraction of sp³-hybridized carbons (Fsp3) is 0.125. The van der Waals surface area contributed by atoms with Crippen LogP contribution in [0.4, 0.5) is 0 Å². The van der Waals surface area contributed by atoms with Crippen LogP contribution in [0.1, 0.15) is 15.9 Å². The molecule has 0 atom stereocenters. The number of benzene rings is 1. The summed E-state index contributed by atoms with van der Waals surface area (Å²) in [5.41, 5.74) is 0.820. The van der Waals surface area contributed by atoms with Crippen LogP contribution in [-0.2, 0) is 6.61 Å². The molecule has 0 heterocycles. The Morgan fingerprint density at radius 3 is 2.08 bits per heavy atom. The SMILES string of the molecule is O=C(O)c1cc(Br)c(CO)c(Br)c1. The predicted molar refractivity (Wildman–Crippen MR) is 54.7 cm³/mol. The van der Waals surface area contributed by atoms with Gasteiger partial charge in [-0.3, -0.25) is 0 Å². The first-order valence-electron chi connectivity index (χ1n) is 3.38. The average molecular weight is 310 g/mol. The third-order valence-corrected chi connectivity index (χ3v) is 2.96. The van der Waals surface area contributed by atoms with E-state index in [1.807, 2.05) is 0 Å². The van der Waals surface area contributed by atoms with Gasteiger partial charge in [0, 0.05) is 14.5 Å². The van der Waals surface area contributed by atoms with Gasteiger partial charge in [-0.1, -0.05) is 31.9 Å². The van der Waals surface area contributed by atoms with Crippen LogP contribution < -0.4 is 0 Å². The van der Waals surface area contributed by atoms with Gasteiger partial charge in [0.15, 0.2) is 0 Å². The lowest BCUT2D eigenvalue weighted by molar-refractivity contribution is 0.0696. The van der Waals surface area contributed by atoms with Crippen molar-refractivity contribution >= 4 is 37.8 Å². The maximum Gasteiger partial charge on any atom is 0.335 e. The maximum atomic E-state index is 10.6. The van der Waals surface area contributed by atoms with Crippen LogP contribution in [-0.4, -0.2) is 16.2 Å². The first kappa shape index (κ1) is 10.7. The number of hydrogen-bond acceptors (Lipinski definition) is 2. The van der Waals surface area contributed by atoms with Crippen molar-refractivity contribution in [3.63, 3.8) is 0 Å². The Balaban J connectivity index is 3.28. The van der Waals surface area contributed by atoms with Crippen molar-refractivity contribution in [3.05, 3.63) is 32.2 Å². The van der Waals surface area contributed by atoms with E-state index in [4.69, 9.17) is 10.2 Å². The normalized spacial score (nSPS) is 10.1. The summed E-state index contributed by atoms with van der Waals surface area (Å²) in [6.07, 6.45) is 0. The van der Waals surface area contributed by atoms with Crippen molar-refractivity contribution in [2.45, 2.75) is 6.61 Å². The number of halogens is 2. The van der Waals surface area contributed by atoms with Gasteiger partial charge < -0.3 is 10.2 Å². The van der Waals surface area contributed by atoms with E-state index < -0.39 is 5.97 Å². The van der Waals surface area contributed by atoms with Gasteiger partial charge in [-0.15, -0.1) is 0 Å². The first-order valence-corrected chi connectivity index (χ1v) is 4.97. The zero-order valence-electron chi connectivity index (χ0n) is 6.42. The highest BCUT2D eigenvalue weighted by Gasteiger charge is 2.10. The van der Waals surface area contributed by atoms with Gasteiger partial charge in [0.25, 0.3) is 0 Å². The minimum Gasteiger partial charge on any atom is -0.478 e. The van der Waals surface area contributed by atoms with E-state index in [1.165, 1.54) is 12.1 Å². The minimum absolute atomic E-state index is 0.138. The number of aromatic carboxylic acids is 1. The molecule has 3 nitrogen and oxygen atoms in total. The highest BCUT2D eigenvalue weighted by Crippen LogP contribution is 2.27. The molecule has 0 aliphatic rings. The molecule has 0 radical (unpaired) electrons. The molecular weight excluding hydrogens is 304 g/mol. The largest absolute Gasteiger partial charge is 0.478 e. The third-order valence-electron chi connectivity index (χ3n) is 1.55. The number of rotatable bonds is 2. The zero-order valence-corrected chi connectivity index (χ0v) is 9.59. The molecule has 0 aliphatic carbocycles. The average Bonchev–Trinajstić information content (AvgIpc) is 2.03. The molecule has 2 N–H and O–H groups in total. The smallest absolute Gasteiger partial charge is 0.335 e. The quantitative estimate of drug-likeness (QED) is 0.882. The van der Waals surface area contributed by atoms with Crippen molar-refractivity contribution in [2.24, 2.45) is 0 Å². The van der Waals surface area contributed by atoms with Crippen molar-refractivity contribution in [1.29, 1.82) is 0 Å². The second-order valence-corrected chi connectivity index (χ2v) is 4.09. The van der Waals surface area contributed by atoms with E-state index >= 15 is 0 Å². The molecular formula is C8H6Br2O3. The standard InChI is InChI=1S/C8H6Br2O3/c9-6-1-4(8(12)13)2-7(10)5(6)3-11/h1-2,11H,3H2,(H,12,13). The molecule has 1 rings (SSSR count). The summed E-state index contributed by atoms with van der Waals surface area (Å²) < 4.78 is 1.17. The summed E-state index contributed by atoms with van der Waals surface area (Å²) >= 11 is 6.35. The molecule has 0 saturated carbocycles. The Morgan fingerprint density at radius 1 is 1.31 bits per heavy atom. The monoisotopic (exact) mass is 308 g/mol. The Hall–Kier alpha value is -0.390. The van der Waals surface area contributed by atoms with Crippen LogP contribution in [0, 0.1) is 0 Å². The van der Waals surface area contributed by atoms with E-state index in [0.717, 1.165) is 0 Å². The molecule has 0 spiro atoms. The molecule has 0 amide bonds. The Kier molecular flexibility index (Phi) is 3.47. The van der Waals surface area contributed by atoms with Crippen LogP contribution >= 0.6 is 31.9 Å². The molecule has 13 heavy (non-hydrogen) atoms. The summed E-state index contributed by atoms with van der Waals surface area (Å²) in [5.74, 6) is -0.995. The van der Waals surface area contributed by atoms with Gasteiger partial charge in [-0.2, -0.15) is 0 Å². The topological polar surface area (TPSA) is 57.5 Å². The molecule has 1 aromatic carbocycles. The highest BCUT2D eigenvalue weighted by molar-refractivity contribution is 9.11. The van der Waals surface area contributed by atoms with Crippen molar-refractivity contribution in [3.8, 4) is 0 Å². The van der Waals surface area contributed by atoms with E-state index in [0.29, 0.717) is 14.5 Å². The summed E-state index contributed by atoms with van der Waals surface area (Å²) in [4.78, 5) is 10.6. The van der Waals surface area contributed by atoms with Crippen LogP contribution in [0.15, 0.2) is 21.1 Å². The zero-order chi connectivity index (χ0) is 10.0. The van der Waals surface area contributed by atoms with Gasteiger partial charge in [0.05, 0.1) is 12.2 Å². The molecule has 70 valence electrons. The lowest BCUT2D eigenvalue weighted by Crippen LogP contribution is -1.98. The van der Waals surface area contributed by atoms with Crippen molar-refractivity contribution in [1.82, 2.24) is 0 Å². The van der Waals surface area contributed by atoms with E-state index in [2.05, 4.69) is 31.9 Å². The van der Waals surface area contributed by atoms with E-state index in [1.54, 1.807) is 0 Å². The Labute approximate surface area is 91.6 Å². The molecule has 0 unspecified atom stereocenters. The maximum absolute atomic E-state index is 10.6. The first-order chi connectivity index (χ1) is 6.06. The summed E-state index contributed by atoms with van der Waals surface area (Å²) in [6, 6.07) is 2.91. The summed E-state index contributed by atoms with van der Waals surface area (Å²) in [5, 5.41) is 17.6. The van der Waals surface area contributed by atoms with E-state index in [-0.39, 0.29) is 12.2 Å². The lowest BCUT2D eigenvalue weighted by atomic mass is 10.1. The van der Waals surface area contributed by atoms with Gasteiger partial charge in [-0.05, 0) is 12.1 Å². The van der Waals surface area contributed by atoms with Crippen LogP contribution in [0.5, 0.6) is 0 Å². The van der Waals surface area contributed by atoms with Gasteiger partial charge in [0.1, 0.15) is 0 Å². The number of aliphatic hydroxyl groups excluding tert-OH is 1. The van der Waals surface area contributed by atoms with Gasteiger partial charge in [-0.25, -0.2) is 4.79 Å². The van der Waals surface area contributed by atoms with Crippen molar-refractivity contribution in [2.75, 3.05) is 0 Å². The van der Waals surface area contributed by atoms with Crippen molar-refractivity contribution < 1.29 is 15.0 Å². The summed E-state index contributed by atoms with van der Waals surface area (Å²) in [6.45, 7) is -0.138. The second kappa shape index (κ2) is 4.21. The fourth-order valence-corrected chi connectivity index (χ4v) is 2.31. The number of hydrogen-bond donors (Lipinski definition) is 2. The fourth-order valence-electron chi connectivity index (χ4n) is 0.878. The van der Waals surface area contributed by atoms with E-state index in [9.17, 15) is 4.79 Å². The van der Waals surface area contributed by atoms with Crippen LogP contribution in [0.25, 0.3) is 0 Å². The number of carbonyl (C=O) groups is 1. The van der Waals surface area contributed by atoms with Crippen LogP contribution in [0.2, 0.25) is 0 Å².